The normalized spacial score (nSPS) is 19.0. The molecular formula is C18H22N4O4S. The van der Waals surface area contributed by atoms with Crippen molar-refractivity contribution >= 4 is 33.8 Å². The molecule has 1 atom stereocenters. The monoisotopic (exact) mass is 390 g/mol. The Morgan fingerprint density at radius 2 is 2.11 bits per heavy atom. The van der Waals surface area contributed by atoms with Crippen molar-refractivity contribution in [2.45, 2.75) is 33.0 Å². The number of aliphatic imine (C=N–C) groups is 1. The molecule has 1 aromatic heterocycles. The van der Waals surface area contributed by atoms with E-state index in [-0.39, 0.29) is 28.6 Å². The van der Waals surface area contributed by atoms with Gasteiger partial charge in [0.25, 0.3) is 5.56 Å². The number of esters is 1. The number of aromatic hydroxyl groups is 1. The lowest BCUT2D eigenvalue weighted by atomic mass is 10.00. The fourth-order valence-corrected chi connectivity index (χ4v) is 3.80. The van der Waals surface area contributed by atoms with E-state index >= 15 is 0 Å². The molecule has 0 radical (unpaired) electrons. The van der Waals surface area contributed by atoms with E-state index in [9.17, 15) is 14.7 Å². The third-order valence-corrected chi connectivity index (χ3v) is 5.17. The van der Waals surface area contributed by atoms with Crippen LogP contribution in [-0.2, 0) is 21.7 Å². The van der Waals surface area contributed by atoms with Gasteiger partial charge in [0.1, 0.15) is 11.3 Å². The lowest BCUT2D eigenvalue weighted by molar-refractivity contribution is -0.139. The molecule has 2 aromatic rings. The molecule has 0 fully saturated rings. The van der Waals surface area contributed by atoms with Crippen molar-refractivity contribution in [3.8, 4) is 5.75 Å². The van der Waals surface area contributed by atoms with Crippen LogP contribution in [0.4, 0.5) is 0 Å². The molecule has 0 saturated heterocycles. The summed E-state index contributed by atoms with van der Waals surface area (Å²) in [6, 6.07) is 7.21. The van der Waals surface area contributed by atoms with Crippen molar-refractivity contribution in [1.82, 2.24) is 15.4 Å². The van der Waals surface area contributed by atoms with Crippen LogP contribution in [0.15, 0.2) is 34.1 Å². The first kappa shape index (κ1) is 19.2. The number of benzene rings is 1. The van der Waals surface area contributed by atoms with E-state index in [2.05, 4.69) is 15.8 Å². The number of hydrogen-bond acceptors (Lipinski definition) is 8. The first-order valence-corrected chi connectivity index (χ1v) is 9.66. The highest BCUT2D eigenvalue weighted by Gasteiger charge is 2.38. The Hall–Kier alpha value is -2.52. The molecule has 8 nitrogen and oxygen atoms in total. The predicted octanol–water partition coefficient (Wildman–Crippen LogP) is 1.66. The number of nitrogens with one attached hydrogen (secondary N) is 2. The summed E-state index contributed by atoms with van der Waals surface area (Å²) in [7, 11) is 0. The van der Waals surface area contributed by atoms with E-state index in [1.54, 1.807) is 30.5 Å². The van der Waals surface area contributed by atoms with Crippen molar-refractivity contribution in [3.63, 3.8) is 0 Å². The van der Waals surface area contributed by atoms with Crippen molar-refractivity contribution in [2.24, 2.45) is 4.99 Å². The minimum Gasteiger partial charge on any atom is -0.507 e. The Kier molecular flexibility index (Phi) is 5.43. The molecule has 1 aliphatic heterocycles. The molecule has 0 amide bonds. The summed E-state index contributed by atoms with van der Waals surface area (Å²) < 4.78 is 6.51. The summed E-state index contributed by atoms with van der Waals surface area (Å²) in [6.07, 6.45) is 0. The zero-order valence-corrected chi connectivity index (χ0v) is 16.2. The lowest BCUT2D eigenvalue weighted by Gasteiger charge is -2.23. The van der Waals surface area contributed by atoms with Gasteiger partial charge < -0.3 is 14.4 Å². The van der Waals surface area contributed by atoms with Crippen molar-refractivity contribution in [1.29, 1.82) is 0 Å². The summed E-state index contributed by atoms with van der Waals surface area (Å²) >= 11 is 1.17. The molecule has 1 aromatic carbocycles. The summed E-state index contributed by atoms with van der Waals surface area (Å²) in [5.74, 6) is -0.347. The number of hydrazine groups is 1. The zero-order valence-electron chi connectivity index (χ0n) is 15.4. The molecule has 144 valence electrons. The van der Waals surface area contributed by atoms with Crippen LogP contribution in [-0.4, -0.2) is 33.2 Å². The number of carbonyl (C=O) groups excluding carboxylic acids is 1. The van der Waals surface area contributed by atoms with Crippen LogP contribution in [0.25, 0.3) is 10.9 Å². The van der Waals surface area contributed by atoms with Crippen LogP contribution in [0, 0.1) is 0 Å². The van der Waals surface area contributed by atoms with Gasteiger partial charge in [-0.2, -0.15) is 0 Å². The summed E-state index contributed by atoms with van der Waals surface area (Å²) in [5, 5.41) is 11.8. The average Bonchev–Trinajstić information content (AvgIpc) is 3.02. The van der Waals surface area contributed by atoms with Gasteiger partial charge in [0, 0.05) is 11.9 Å². The van der Waals surface area contributed by atoms with Gasteiger partial charge in [0.05, 0.1) is 17.9 Å². The number of thioether (sulfide) groups is 1. The highest BCUT2D eigenvalue weighted by atomic mass is 32.2. The van der Waals surface area contributed by atoms with Gasteiger partial charge in [-0.25, -0.2) is 10.4 Å². The molecule has 0 bridgehead atoms. The fraction of sp³-hybridized carbons (Fsp3) is 0.389. The number of rotatable bonds is 5. The van der Waals surface area contributed by atoms with E-state index < -0.39 is 5.66 Å². The van der Waals surface area contributed by atoms with E-state index in [1.165, 1.54) is 11.8 Å². The second-order valence-corrected chi connectivity index (χ2v) is 7.09. The number of aryl methyl sites for hydroxylation is 1. The van der Waals surface area contributed by atoms with Gasteiger partial charge in [0.2, 0.25) is 0 Å². The number of pyridine rings is 1. The molecule has 3 N–H and O–H groups in total. The first-order valence-electron chi connectivity index (χ1n) is 8.67. The maximum atomic E-state index is 13.1. The Morgan fingerprint density at radius 1 is 1.37 bits per heavy atom. The smallest absolute Gasteiger partial charge is 0.316 e. The number of hydrogen-bond donors (Lipinski definition) is 3. The standard InChI is InChI=1S/C18H22N4O4S/c1-4-22-12-9-7-6-8-11(12)15(24)14(16(22)25)18(3)19-17(20-21-18)27-10-13(23)26-5-2/h6-9,21,24H,4-5,10H2,1-3H3,(H,19,20). The Labute approximate surface area is 160 Å². The van der Waals surface area contributed by atoms with Crippen LogP contribution in [0.3, 0.4) is 0 Å². The Bertz CT molecular complexity index is 972. The quantitative estimate of drug-likeness (QED) is 0.667. The van der Waals surface area contributed by atoms with Crippen LogP contribution in [0.5, 0.6) is 5.75 Å². The summed E-state index contributed by atoms with van der Waals surface area (Å²) in [4.78, 5) is 29.1. The zero-order chi connectivity index (χ0) is 19.6. The second-order valence-electron chi connectivity index (χ2n) is 6.12. The number of amidine groups is 1. The SMILES string of the molecule is CCOC(=O)CSC1=NC(C)(c2c(O)c3ccccc3n(CC)c2=O)NN1. The van der Waals surface area contributed by atoms with E-state index in [0.29, 0.717) is 29.2 Å². The Balaban J connectivity index is 2.02. The van der Waals surface area contributed by atoms with Gasteiger partial charge in [-0.1, -0.05) is 23.9 Å². The number of carbonyl (C=O) groups is 1. The summed E-state index contributed by atoms with van der Waals surface area (Å²) in [6.45, 7) is 6.10. The Morgan fingerprint density at radius 3 is 2.81 bits per heavy atom. The number of ether oxygens (including phenoxy) is 1. The van der Waals surface area contributed by atoms with Crippen LogP contribution >= 0.6 is 11.8 Å². The van der Waals surface area contributed by atoms with Gasteiger partial charge in [-0.15, -0.1) is 0 Å². The average molecular weight is 390 g/mol. The molecule has 1 aliphatic rings. The van der Waals surface area contributed by atoms with Gasteiger partial charge in [-0.05, 0) is 32.9 Å². The van der Waals surface area contributed by atoms with Gasteiger partial charge in [-0.3, -0.25) is 15.0 Å². The van der Waals surface area contributed by atoms with E-state index in [4.69, 9.17) is 4.74 Å². The molecular weight excluding hydrogens is 368 g/mol. The number of fused-ring (bicyclic) bond motifs is 1. The highest BCUT2D eigenvalue weighted by Crippen LogP contribution is 2.35. The van der Waals surface area contributed by atoms with Crippen LogP contribution in [0.1, 0.15) is 26.3 Å². The first-order chi connectivity index (χ1) is 12.9. The van der Waals surface area contributed by atoms with Gasteiger partial charge >= 0.3 is 5.97 Å². The topological polar surface area (TPSA) is 105 Å². The number of nitrogens with zero attached hydrogens (tertiary/aromatic N) is 2. The largest absolute Gasteiger partial charge is 0.507 e. The van der Waals surface area contributed by atoms with Crippen molar-refractivity contribution in [3.05, 3.63) is 40.2 Å². The molecule has 0 saturated carbocycles. The number of para-hydroxylation sites is 1. The molecule has 3 rings (SSSR count). The maximum Gasteiger partial charge on any atom is 0.316 e. The van der Waals surface area contributed by atoms with Gasteiger partial charge in [0.15, 0.2) is 10.8 Å². The van der Waals surface area contributed by atoms with Crippen LogP contribution < -0.4 is 16.4 Å². The predicted molar refractivity (Wildman–Crippen MR) is 106 cm³/mol. The van der Waals surface area contributed by atoms with E-state index in [1.807, 2.05) is 19.1 Å². The third-order valence-electron chi connectivity index (χ3n) is 4.32. The highest BCUT2D eigenvalue weighted by molar-refractivity contribution is 8.14. The molecule has 1 unspecified atom stereocenters. The molecule has 9 heteroatoms. The maximum absolute atomic E-state index is 13.1. The number of aromatic nitrogens is 1. The van der Waals surface area contributed by atoms with Crippen molar-refractivity contribution < 1.29 is 14.6 Å². The third kappa shape index (κ3) is 3.52. The minimum atomic E-state index is -1.17. The lowest BCUT2D eigenvalue weighted by Crippen LogP contribution is -2.45. The molecule has 0 aliphatic carbocycles. The molecule has 27 heavy (non-hydrogen) atoms. The molecule has 0 spiro atoms. The second kappa shape index (κ2) is 7.61. The molecule has 2 heterocycles. The fourth-order valence-electron chi connectivity index (χ4n) is 3.09. The minimum absolute atomic E-state index is 0.0975. The summed E-state index contributed by atoms with van der Waals surface area (Å²) in [5.41, 5.74) is 5.17. The van der Waals surface area contributed by atoms with Crippen LogP contribution in [0.2, 0.25) is 0 Å². The van der Waals surface area contributed by atoms with Crippen molar-refractivity contribution in [2.75, 3.05) is 12.4 Å². The van der Waals surface area contributed by atoms with E-state index in [0.717, 1.165) is 0 Å².